The van der Waals surface area contributed by atoms with Crippen LogP contribution in [-0.4, -0.2) is 22.9 Å². The van der Waals surface area contributed by atoms with Crippen LogP contribution in [0.1, 0.15) is 5.56 Å². The molecule has 0 bridgehead atoms. The van der Waals surface area contributed by atoms with Crippen LogP contribution in [0.5, 0.6) is 11.5 Å². The third kappa shape index (κ3) is 5.90. The number of benzene rings is 4. The second kappa shape index (κ2) is 10.3. The van der Waals surface area contributed by atoms with E-state index in [0.717, 1.165) is 4.90 Å². The third-order valence-corrected chi connectivity index (χ3v) is 7.71. The van der Waals surface area contributed by atoms with Crippen molar-refractivity contribution in [1.82, 2.24) is 0 Å². The Morgan fingerprint density at radius 3 is 1.78 bits per heavy atom. The fourth-order valence-electron chi connectivity index (χ4n) is 3.41. The van der Waals surface area contributed by atoms with Crippen LogP contribution in [0.15, 0.2) is 113 Å². The fourth-order valence-corrected chi connectivity index (χ4v) is 5.36. The molecule has 2 N–H and O–H groups in total. The van der Waals surface area contributed by atoms with Crippen LogP contribution >= 0.6 is 0 Å². The number of rotatable bonds is 8. The lowest BCUT2D eigenvalue weighted by molar-refractivity contribution is 0.256. The van der Waals surface area contributed by atoms with Crippen LogP contribution in [0.3, 0.4) is 0 Å². The maximum Gasteiger partial charge on any atom is 0.339 e. The molecule has 11 heteroatoms. The van der Waals surface area contributed by atoms with E-state index in [1.165, 1.54) is 54.6 Å². The molecule has 9 nitrogen and oxygen atoms in total. The zero-order chi connectivity index (χ0) is 26.6. The van der Waals surface area contributed by atoms with Gasteiger partial charge in [0.15, 0.2) is 0 Å². The molecule has 0 fully saturated rings. The minimum atomic E-state index is -4.14. The lowest BCUT2D eigenvalue weighted by Crippen LogP contribution is -2.31. The highest BCUT2D eigenvalue weighted by Gasteiger charge is 2.22. The molecule has 0 aliphatic rings. The van der Waals surface area contributed by atoms with Gasteiger partial charge in [-0.3, -0.25) is 4.90 Å². The number of anilines is 2. The van der Waals surface area contributed by atoms with E-state index in [1.54, 1.807) is 55.5 Å². The number of aryl methyl sites for hydroxylation is 1. The van der Waals surface area contributed by atoms with E-state index in [2.05, 4.69) is 0 Å². The van der Waals surface area contributed by atoms with Gasteiger partial charge in [0.1, 0.15) is 21.3 Å². The lowest BCUT2D eigenvalue weighted by Gasteiger charge is -2.22. The number of amides is 2. The van der Waals surface area contributed by atoms with E-state index >= 15 is 0 Å². The fraction of sp³-hybridized carbons (Fsp3) is 0.0385. The van der Waals surface area contributed by atoms with Crippen LogP contribution in [-0.2, 0) is 20.2 Å². The van der Waals surface area contributed by atoms with E-state index < -0.39 is 26.3 Å². The number of carbonyl (C=O) groups excluding carboxylic acids is 1. The van der Waals surface area contributed by atoms with Crippen LogP contribution in [0.4, 0.5) is 16.2 Å². The molecule has 0 atom stereocenters. The Morgan fingerprint density at radius 1 is 0.676 bits per heavy atom. The summed E-state index contributed by atoms with van der Waals surface area (Å²) >= 11 is 0. The first kappa shape index (κ1) is 25.7. The van der Waals surface area contributed by atoms with Gasteiger partial charge >= 0.3 is 26.3 Å². The standard InChI is InChI=1S/C26H22N2O7S2/c1-19-15-16-21(18-25(19)35-37(32,33)24-13-6-3-7-14-24)28(26(27)29)20-9-8-10-22(17-20)34-36(30,31)23-11-4-2-5-12-23/h2-18H,1H3,(H2,27,29). The second-order valence-electron chi connectivity index (χ2n) is 7.82. The molecule has 0 saturated heterocycles. The molecule has 0 aromatic heterocycles. The molecule has 0 radical (unpaired) electrons. The molecule has 4 rings (SSSR count). The number of nitrogens with two attached hydrogens (primary N) is 1. The Morgan fingerprint density at radius 2 is 1.22 bits per heavy atom. The predicted molar refractivity (Wildman–Crippen MR) is 138 cm³/mol. The highest BCUT2D eigenvalue weighted by atomic mass is 32.2. The Kier molecular flexibility index (Phi) is 7.18. The number of hydrogen-bond acceptors (Lipinski definition) is 7. The summed E-state index contributed by atoms with van der Waals surface area (Å²) in [6, 6.07) is 24.6. The van der Waals surface area contributed by atoms with Crippen molar-refractivity contribution < 1.29 is 30.0 Å². The average molecular weight is 539 g/mol. The second-order valence-corrected chi connectivity index (χ2v) is 10.9. The summed E-state index contributed by atoms with van der Waals surface area (Å²) in [5, 5.41) is 0. The maximum atomic E-state index is 12.7. The molecule has 0 spiro atoms. The Bertz CT molecular complexity index is 1640. The summed E-state index contributed by atoms with van der Waals surface area (Å²) in [5.41, 5.74) is 6.53. The van der Waals surface area contributed by atoms with E-state index in [-0.39, 0.29) is 32.7 Å². The maximum absolute atomic E-state index is 12.7. The van der Waals surface area contributed by atoms with Crippen molar-refractivity contribution in [3.05, 3.63) is 109 Å². The Labute approximate surface area is 214 Å². The topological polar surface area (TPSA) is 133 Å². The summed E-state index contributed by atoms with van der Waals surface area (Å²) in [7, 11) is -8.26. The SMILES string of the molecule is Cc1ccc(N(C(N)=O)c2cccc(OS(=O)(=O)c3ccccc3)c2)cc1OS(=O)(=O)c1ccccc1. The molecule has 37 heavy (non-hydrogen) atoms. The molecular weight excluding hydrogens is 516 g/mol. The summed E-state index contributed by atoms with van der Waals surface area (Å²) in [6.07, 6.45) is 0. The molecule has 2 amide bonds. The highest BCUT2D eigenvalue weighted by Crippen LogP contribution is 2.34. The molecule has 0 aliphatic carbocycles. The van der Waals surface area contributed by atoms with Crippen LogP contribution < -0.4 is 19.0 Å². The van der Waals surface area contributed by atoms with Gasteiger partial charge in [-0.2, -0.15) is 16.8 Å². The van der Waals surface area contributed by atoms with Crippen LogP contribution in [0.2, 0.25) is 0 Å². The number of carbonyl (C=O) groups is 1. The van der Waals surface area contributed by atoms with E-state index in [4.69, 9.17) is 14.1 Å². The summed E-state index contributed by atoms with van der Waals surface area (Å²) in [4.78, 5) is 13.5. The van der Waals surface area contributed by atoms with Crippen molar-refractivity contribution in [1.29, 1.82) is 0 Å². The van der Waals surface area contributed by atoms with Crippen LogP contribution in [0, 0.1) is 6.92 Å². The predicted octanol–water partition coefficient (Wildman–Crippen LogP) is 4.75. The smallest absolute Gasteiger partial charge is 0.339 e. The zero-order valence-corrected chi connectivity index (χ0v) is 21.1. The van der Waals surface area contributed by atoms with Crippen molar-refractivity contribution in [2.45, 2.75) is 16.7 Å². The first-order chi connectivity index (χ1) is 17.6. The zero-order valence-electron chi connectivity index (χ0n) is 19.5. The number of primary amides is 1. The van der Waals surface area contributed by atoms with Crippen molar-refractivity contribution >= 4 is 37.6 Å². The lowest BCUT2D eigenvalue weighted by atomic mass is 10.1. The van der Waals surface area contributed by atoms with Gasteiger partial charge in [-0.25, -0.2) is 4.79 Å². The van der Waals surface area contributed by atoms with Crippen molar-refractivity contribution in [2.75, 3.05) is 4.90 Å². The summed E-state index contributed by atoms with van der Waals surface area (Å²) in [5.74, 6) is -0.0606. The van der Waals surface area contributed by atoms with Gasteiger partial charge in [0.25, 0.3) is 0 Å². The summed E-state index contributed by atoms with van der Waals surface area (Å²) < 4.78 is 61.3. The van der Waals surface area contributed by atoms with Gasteiger partial charge in [0.05, 0.1) is 11.4 Å². The van der Waals surface area contributed by atoms with Gasteiger partial charge < -0.3 is 14.1 Å². The molecule has 0 aliphatic heterocycles. The molecule has 190 valence electrons. The van der Waals surface area contributed by atoms with E-state index in [1.807, 2.05) is 0 Å². The monoisotopic (exact) mass is 538 g/mol. The molecule has 4 aromatic carbocycles. The van der Waals surface area contributed by atoms with Crippen LogP contribution in [0.25, 0.3) is 0 Å². The molecule has 0 saturated carbocycles. The number of nitrogens with zero attached hydrogens (tertiary/aromatic N) is 1. The first-order valence-corrected chi connectivity index (χ1v) is 13.7. The minimum absolute atomic E-state index is 0.00772. The largest absolute Gasteiger partial charge is 0.379 e. The van der Waals surface area contributed by atoms with Gasteiger partial charge in [0, 0.05) is 12.1 Å². The molecule has 0 heterocycles. The van der Waals surface area contributed by atoms with Gasteiger partial charge in [-0.15, -0.1) is 0 Å². The van der Waals surface area contributed by atoms with Crippen molar-refractivity contribution in [3.8, 4) is 11.5 Å². The average Bonchev–Trinajstić information content (AvgIpc) is 2.87. The quantitative estimate of drug-likeness (QED) is 0.320. The van der Waals surface area contributed by atoms with Crippen molar-refractivity contribution in [3.63, 3.8) is 0 Å². The molecule has 4 aromatic rings. The number of hydrogen-bond donors (Lipinski definition) is 1. The Hall–Kier alpha value is -4.35. The van der Waals surface area contributed by atoms with Gasteiger partial charge in [-0.05, 0) is 55.0 Å². The third-order valence-electron chi connectivity index (χ3n) is 5.20. The number of urea groups is 1. The van der Waals surface area contributed by atoms with Gasteiger partial charge in [-0.1, -0.05) is 48.5 Å². The molecule has 0 unspecified atom stereocenters. The highest BCUT2D eigenvalue weighted by molar-refractivity contribution is 7.87. The van der Waals surface area contributed by atoms with Gasteiger partial charge in [0.2, 0.25) is 0 Å². The molecular formula is C26H22N2O7S2. The Balaban J connectivity index is 1.67. The minimum Gasteiger partial charge on any atom is -0.379 e. The first-order valence-electron chi connectivity index (χ1n) is 10.9. The normalized spacial score (nSPS) is 11.5. The van der Waals surface area contributed by atoms with E-state index in [9.17, 15) is 21.6 Å². The van der Waals surface area contributed by atoms with Crippen molar-refractivity contribution in [2.24, 2.45) is 5.73 Å². The van der Waals surface area contributed by atoms with E-state index in [0.29, 0.717) is 5.56 Å². The summed E-state index contributed by atoms with van der Waals surface area (Å²) in [6.45, 7) is 1.65.